The molecule has 2 N–H and O–H groups in total. The van der Waals surface area contributed by atoms with Crippen LogP contribution >= 0.6 is 22.9 Å². The third-order valence-corrected chi connectivity index (χ3v) is 12.8. The van der Waals surface area contributed by atoms with Crippen LogP contribution in [0.15, 0.2) is 104 Å². The Bertz CT molecular complexity index is 2950. The van der Waals surface area contributed by atoms with Crippen LogP contribution in [0.4, 0.5) is 4.39 Å². The Kier molecular flexibility index (Phi) is 13.8. The normalized spacial score (nSPS) is 14.0. The van der Waals surface area contributed by atoms with Crippen LogP contribution in [0.2, 0.25) is 5.02 Å². The number of fused-ring (bicyclic) bond motifs is 1. The molecule has 0 aliphatic carbocycles. The topological polar surface area (TPSA) is 187 Å². The van der Waals surface area contributed by atoms with Crippen LogP contribution < -0.4 is 18.4 Å². The van der Waals surface area contributed by atoms with E-state index < -0.39 is 28.3 Å². The van der Waals surface area contributed by atoms with Crippen molar-refractivity contribution >= 4 is 49.5 Å². The fourth-order valence-electron chi connectivity index (χ4n) is 7.36. The van der Waals surface area contributed by atoms with Gasteiger partial charge in [0.2, 0.25) is 12.0 Å². The van der Waals surface area contributed by atoms with Crippen molar-refractivity contribution in [2.24, 2.45) is 0 Å². The van der Waals surface area contributed by atoms with Crippen molar-refractivity contribution < 1.29 is 45.7 Å². The van der Waals surface area contributed by atoms with Crippen LogP contribution in [0.25, 0.3) is 43.2 Å². The van der Waals surface area contributed by atoms with Gasteiger partial charge in [0.15, 0.2) is 5.82 Å². The number of nitrogens with zero attached hydrogens (tertiary/aromatic N) is 6. The zero-order valence-electron chi connectivity index (χ0n) is 35.1. The van der Waals surface area contributed by atoms with E-state index in [-0.39, 0.29) is 30.5 Å². The Morgan fingerprint density at radius 2 is 1.71 bits per heavy atom. The van der Waals surface area contributed by atoms with E-state index >= 15 is 0 Å². The maximum Gasteiger partial charge on any atom is 0.446 e. The van der Waals surface area contributed by atoms with Crippen LogP contribution in [-0.2, 0) is 28.2 Å². The lowest BCUT2D eigenvalue weighted by Crippen LogP contribution is -2.45. The van der Waals surface area contributed by atoms with Gasteiger partial charge in [-0.05, 0) is 78.7 Å². The van der Waals surface area contributed by atoms with Gasteiger partial charge in [0.25, 0.3) is 0 Å². The molecule has 0 saturated carbocycles. The number of aromatic nitrogens is 4. The number of likely N-dealkylation sites (N-methyl/N-ethyl adjacent to an activating group) is 1. The summed E-state index contributed by atoms with van der Waals surface area (Å²) in [6.07, 6.45) is 1.26. The fraction of sp³-hybridized carbons (Fsp3) is 0.239. The third kappa shape index (κ3) is 11.0. The molecule has 19 heteroatoms. The van der Waals surface area contributed by atoms with Gasteiger partial charge < -0.3 is 28.4 Å². The summed E-state index contributed by atoms with van der Waals surface area (Å²) in [5.74, 6) is -0.595. The lowest BCUT2D eigenvalue weighted by atomic mass is 9.96. The van der Waals surface area contributed by atoms with Gasteiger partial charge in [-0.2, -0.15) is 8.42 Å². The molecule has 1 aliphatic heterocycles. The monoisotopic (exact) mass is 940 g/mol. The Labute approximate surface area is 383 Å². The lowest BCUT2D eigenvalue weighted by Gasteiger charge is -2.32. The molecular formula is C46H42ClFN6O9S2. The smallest absolute Gasteiger partial charge is 0.446 e. The molecule has 0 bridgehead atoms. The average molecular weight is 941 g/mol. The number of piperazine rings is 1. The first-order chi connectivity index (χ1) is 31.3. The molecule has 65 heavy (non-hydrogen) atoms. The minimum atomic E-state index is -4.74. The second-order valence-electron chi connectivity index (χ2n) is 15.2. The molecule has 1 unspecified atom stereocenters. The van der Waals surface area contributed by atoms with Crippen LogP contribution in [0.5, 0.6) is 23.1 Å². The first kappa shape index (κ1) is 45.3. The predicted molar refractivity (Wildman–Crippen MR) is 244 cm³/mol. The number of benzene rings is 4. The Hall–Kier alpha value is -6.28. The SMILES string of the molecule is Cc1c(-c2c(-c3ccc(F)cc3)sc3ncnc(OC(Cc4ccccc4OCc4ccnc(-c5cccc(OS(=O)(=O)O)c5)n4)C(=O)O)c23)ccc(OCCN2CCN(C)CC2)c1Cl. The van der Waals surface area contributed by atoms with Gasteiger partial charge in [0.05, 0.1) is 16.1 Å². The van der Waals surface area contributed by atoms with Crippen LogP contribution in [0, 0.1) is 12.7 Å². The number of rotatable bonds is 17. The minimum Gasteiger partial charge on any atom is -0.491 e. The van der Waals surface area contributed by atoms with Gasteiger partial charge in [-0.15, -0.1) is 11.3 Å². The van der Waals surface area contributed by atoms with Gasteiger partial charge in [-0.1, -0.05) is 60.1 Å². The molecular weight excluding hydrogens is 899 g/mol. The van der Waals surface area contributed by atoms with Crippen LogP contribution in [0.1, 0.15) is 16.8 Å². The van der Waals surface area contributed by atoms with Crippen molar-refractivity contribution in [3.05, 3.63) is 131 Å². The summed E-state index contributed by atoms with van der Waals surface area (Å²) in [5.41, 5.74) is 4.17. The molecule has 3 aromatic heterocycles. The number of ether oxygens (including phenoxy) is 3. The highest BCUT2D eigenvalue weighted by Crippen LogP contribution is 2.49. The number of hydrogen-bond donors (Lipinski definition) is 2. The van der Waals surface area contributed by atoms with Gasteiger partial charge in [0, 0.05) is 61.3 Å². The lowest BCUT2D eigenvalue weighted by molar-refractivity contribution is -0.145. The second kappa shape index (κ2) is 19.9. The second-order valence-corrected chi connectivity index (χ2v) is 17.6. The van der Waals surface area contributed by atoms with Crippen molar-refractivity contribution in [2.45, 2.75) is 26.1 Å². The van der Waals surface area contributed by atoms with E-state index in [4.69, 9.17) is 30.4 Å². The molecule has 1 fully saturated rings. The maximum absolute atomic E-state index is 14.2. The zero-order valence-corrected chi connectivity index (χ0v) is 37.4. The highest BCUT2D eigenvalue weighted by molar-refractivity contribution is 7.81. The van der Waals surface area contributed by atoms with Gasteiger partial charge in [-0.25, -0.2) is 29.1 Å². The van der Waals surface area contributed by atoms with Crippen molar-refractivity contribution in [3.63, 3.8) is 0 Å². The molecule has 0 spiro atoms. The quantitative estimate of drug-likeness (QED) is 0.0835. The summed E-state index contributed by atoms with van der Waals surface area (Å²) < 4.78 is 69.1. The molecule has 0 radical (unpaired) electrons. The van der Waals surface area contributed by atoms with Gasteiger partial charge in [-0.3, -0.25) is 9.45 Å². The molecule has 1 saturated heterocycles. The molecule has 4 heterocycles. The largest absolute Gasteiger partial charge is 0.491 e. The summed E-state index contributed by atoms with van der Waals surface area (Å²) in [7, 11) is -2.62. The Balaban J connectivity index is 1.06. The van der Waals surface area contributed by atoms with Gasteiger partial charge in [0.1, 0.15) is 47.4 Å². The molecule has 1 aliphatic rings. The number of carbonyl (C=O) groups is 1. The molecule has 8 rings (SSSR count). The van der Waals surface area contributed by atoms with Crippen molar-refractivity contribution in [1.82, 2.24) is 29.7 Å². The van der Waals surface area contributed by atoms with Crippen LogP contribution in [-0.4, -0.2) is 106 Å². The van der Waals surface area contributed by atoms with E-state index in [1.165, 1.54) is 54.2 Å². The number of carboxylic acids is 1. The number of para-hydroxylation sites is 1. The first-order valence-corrected chi connectivity index (χ1v) is 22.9. The number of hydrogen-bond acceptors (Lipinski definition) is 14. The van der Waals surface area contributed by atoms with E-state index in [0.29, 0.717) is 72.4 Å². The molecule has 1 atom stereocenters. The summed E-state index contributed by atoms with van der Waals surface area (Å²) in [4.78, 5) is 36.8. The van der Waals surface area contributed by atoms with Crippen LogP contribution in [0.3, 0.4) is 0 Å². The van der Waals surface area contributed by atoms with Crippen molar-refractivity contribution in [1.29, 1.82) is 0 Å². The molecule has 7 aromatic rings. The number of carboxylic acid groups (broad SMARTS) is 1. The van der Waals surface area contributed by atoms with Crippen molar-refractivity contribution in [3.8, 4) is 56.1 Å². The van der Waals surface area contributed by atoms with E-state index in [1.54, 1.807) is 48.5 Å². The fourth-order valence-corrected chi connectivity index (χ4v) is 9.08. The standard InChI is InChI=1S/C46H42ClFN6O9S2/c1-28-35(14-15-37(41(28)47)60-23-22-54-20-18-53(2)19-21-54)39-40-44(50-27-51-45(40)64-42(39)29-10-12-32(48)13-11-29)62-38(46(55)56)25-30-6-3-4-9-36(30)61-26-33-16-17-49-43(52-33)31-7-5-8-34(24-31)63-65(57,58)59/h3-17,24,27,38H,18-23,25-26H2,1-2H3,(H,55,56)(H,57,58,59). The minimum absolute atomic E-state index is 0.0306. The summed E-state index contributed by atoms with van der Waals surface area (Å²) in [6, 6.07) is 24.3. The highest BCUT2D eigenvalue weighted by atomic mass is 35.5. The Morgan fingerprint density at radius 1 is 0.923 bits per heavy atom. The maximum atomic E-state index is 14.2. The third-order valence-electron chi connectivity index (χ3n) is 10.7. The number of halogens is 2. The Morgan fingerprint density at radius 3 is 2.48 bits per heavy atom. The average Bonchev–Trinajstić information content (AvgIpc) is 3.68. The molecule has 336 valence electrons. The summed E-state index contributed by atoms with van der Waals surface area (Å²) in [6.45, 7) is 6.99. The predicted octanol–water partition coefficient (Wildman–Crippen LogP) is 8.04. The molecule has 4 aromatic carbocycles. The first-order valence-electron chi connectivity index (χ1n) is 20.4. The van der Waals surface area contributed by atoms with Crippen molar-refractivity contribution in [2.75, 3.05) is 46.4 Å². The van der Waals surface area contributed by atoms with E-state index in [2.05, 4.69) is 41.0 Å². The van der Waals surface area contributed by atoms with E-state index in [1.807, 2.05) is 19.1 Å². The summed E-state index contributed by atoms with van der Waals surface area (Å²) >= 11 is 8.38. The summed E-state index contributed by atoms with van der Waals surface area (Å²) in [5, 5.41) is 11.5. The number of thiophene rings is 1. The van der Waals surface area contributed by atoms with E-state index in [0.717, 1.165) is 37.6 Å². The van der Waals surface area contributed by atoms with E-state index in [9.17, 15) is 22.7 Å². The molecule has 0 amide bonds. The number of aliphatic carboxylic acids is 1. The highest BCUT2D eigenvalue weighted by Gasteiger charge is 2.28. The molecule has 15 nitrogen and oxygen atoms in total. The zero-order chi connectivity index (χ0) is 45.7. The van der Waals surface area contributed by atoms with Gasteiger partial charge >= 0.3 is 16.4 Å².